The zero-order valence-electron chi connectivity index (χ0n) is 16.3. The van der Waals surface area contributed by atoms with E-state index in [4.69, 9.17) is 4.74 Å². The SMILES string of the molecule is N#CC(NC(=O)CCCNC(=O)C1CC1)c1ccc(OCc2ccccc2)cc1. The molecule has 6 nitrogen and oxygen atoms in total. The average molecular weight is 391 g/mol. The van der Waals surface area contributed by atoms with Crippen molar-refractivity contribution < 1.29 is 14.3 Å². The van der Waals surface area contributed by atoms with Crippen LogP contribution in [0, 0.1) is 17.2 Å². The normalized spacial score (nSPS) is 13.8. The van der Waals surface area contributed by atoms with Crippen LogP contribution in [0.4, 0.5) is 0 Å². The molecule has 0 aromatic heterocycles. The van der Waals surface area contributed by atoms with Crippen molar-refractivity contribution in [1.82, 2.24) is 10.6 Å². The van der Waals surface area contributed by atoms with Crippen LogP contribution >= 0.6 is 0 Å². The fraction of sp³-hybridized carbons (Fsp3) is 0.348. The van der Waals surface area contributed by atoms with Crippen LogP contribution in [0.25, 0.3) is 0 Å². The number of nitrogens with one attached hydrogen (secondary N) is 2. The van der Waals surface area contributed by atoms with Crippen molar-refractivity contribution in [2.24, 2.45) is 5.92 Å². The number of nitrogens with zero attached hydrogens (tertiary/aromatic N) is 1. The lowest BCUT2D eigenvalue weighted by atomic mass is 10.1. The number of amides is 2. The highest BCUT2D eigenvalue weighted by Crippen LogP contribution is 2.28. The first-order valence-electron chi connectivity index (χ1n) is 9.89. The summed E-state index contributed by atoms with van der Waals surface area (Å²) >= 11 is 0. The molecule has 1 atom stereocenters. The Hall–Kier alpha value is -3.33. The highest BCUT2D eigenvalue weighted by Gasteiger charge is 2.29. The van der Waals surface area contributed by atoms with Gasteiger partial charge in [0.25, 0.3) is 0 Å². The van der Waals surface area contributed by atoms with Crippen LogP contribution < -0.4 is 15.4 Å². The summed E-state index contributed by atoms with van der Waals surface area (Å²) in [6.07, 6.45) is 2.74. The Labute approximate surface area is 170 Å². The number of carbonyl (C=O) groups excluding carboxylic acids is 2. The molecule has 2 aromatic rings. The summed E-state index contributed by atoms with van der Waals surface area (Å²) in [5, 5.41) is 15.0. The zero-order chi connectivity index (χ0) is 20.5. The van der Waals surface area contributed by atoms with E-state index in [-0.39, 0.29) is 24.2 Å². The first kappa shape index (κ1) is 20.4. The molecule has 29 heavy (non-hydrogen) atoms. The Kier molecular flexibility index (Phi) is 7.23. The second kappa shape index (κ2) is 10.3. The van der Waals surface area contributed by atoms with Gasteiger partial charge in [-0.05, 0) is 42.5 Å². The third kappa shape index (κ3) is 6.65. The molecule has 0 spiro atoms. The Morgan fingerprint density at radius 1 is 1.10 bits per heavy atom. The van der Waals surface area contributed by atoms with E-state index >= 15 is 0 Å². The van der Waals surface area contributed by atoms with Crippen LogP contribution in [0.2, 0.25) is 0 Å². The van der Waals surface area contributed by atoms with E-state index in [1.807, 2.05) is 30.3 Å². The minimum Gasteiger partial charge on any atom is -0.489 e. The second-order valence-electron chi connectivity index (χ2n) is 7.14. The molecule has 1 aliphatic rings. The topological polar surface area (TPSA) is 91.2 Å². The number of benzene rings is 2. The van der Waals surface area contributed by atoms with Crippen LogP contribution in [0.1, 0.15) is 42.9 Å². The predicted octanol–water partition coefficient (Wildman–Crippen LogP) is 3.25. The van der Waals surface area contributed by atoms with Crippen molar-refractivity contribution in [3.63, 3.8) is 0 Å². The molecule has 1 unspecified atom stereocenters. The molecule has 2 N–H and O–H groups in total. The van der Waals surface area contributed by atoms with Gasteiger partial charge < -0.3 is 15.4 Å². The fourth-order valence-electron chi connectivity index (χ4n) is 2.87. The van der Waals surface area contributed by atoms with Gasteiger partial charge >= 0.3 is 0 Å². The number of hydrogen-bond donors (Lipinski definition) is 2. The van der Waals surface area contributed by atoms with Crippen molar-refractivity contribution >= 4 is 11.8 Å². The lowest BCUT2D eigenvalue weighted by molar-refractivity contribution is -0.123. The summed E-state index contributed by atoms with van der Waals surface area (Å²) in [5.74, 6) is 0.745. The highest BCUT2D eigenvalue weighted by molar-refractivity contribution is 5.81. The third-order valence-electron chi connectivity index (χ3n) is 4.72. The maximum atomic E-state index is 12.1. The van der Waals surface area contributed by atoms with Gasteiger partial charge in [0.05, 0.1) is 6.07 Å². The minimum absolute atomic E-state index is 0.0786. The first-order chi connectivity index (χ1) is 14.2. The molecular formula is C23H25N3O3. The van der Waals surface area contributed by atoms with E-state index in [1.165, 1.54) is 0 Å². The summed E-state index contributed by atoms with van der Waals surface area (Å²) in [5.41, 5.74) is 1.78. The first-order valence-corrected chi connectivity index (χ1v) is 9.89. The summed E-state index contributed by atoms with van der Waals surface area (Å²) < 4.78 is 5.74. The number of carbonyl (C=O) groups is 2. The molecule has 3 rings (SSSR count). The maximum absolute atomic E-state index is 12.1. The standard InChI is InChI=1S/C23H25N3O3/c24-15-21(26-22(27)7-4-14-25-23(28)19-8-9-19)18-10-12-20(13-11-18)29-16-17-5-2-1-3-6-17/h1-3,5-6,10-13,19,21H,4,7-9,14,16H2,(H,25,28)(H,26,27). The van der Waals surface area contributed by atoms with Gasteiger partial charge in [-0.3, -0.25) is 9.59 Å². The summed E-state index contributed by atoms with van der Waals surface area (Å²) in [7, 11) is 0. The molecule has 150 valence electrons. The van der Waals surface area contributed by atoms with Crippen molar-refractivity contribution in [1.29, 1.82) is 5.26 Å². The van der Waals surface area contributed by atoms with E-state index < -0.39 is 6.04 Å². The zero-order valence-corrected chi connectivity index (χ0v) is 16.3. The van der Waals surface area contributed by atoms with Gasteiger partial charge in [-0.25, -0.2) is 0 Å². The van der Waals surface area contributed by atoms with Crippen molar-refractivity contribution in [2.45, 2.75) is 38.3 Å². The Bertz CT molecular complexity index is 855. The summed E-state index contributed by atoms with van der Waals surface area (Å²) in [6, 6.07) is 18.4. The van der Waals surface area contributed by atoms with Crippen molar-refractivity contribution in [3.05, 3.63) is 65.7 Å². The fourth-order valence-corrected chi connectivity index (χ4v) is 2.87. The molecule has 6 heteroatoms. The van der Waals surface area contributed by atoms with Crippen LogP contribution in [0.5, 0.6) is 5.75 Å². The molecule has 2 aromatic carbocycles. The number of rotatable bonds is 10. The average Bonchev–Trinajstić information content (AvgIpc) is 3.60. The molecule has 1 fully saturated rings. The second-order valence-corrected chi connectivity index (χ2v) is 7.14. The largest absolute Gasteiger partial charge is 0.489 e. The molecule has 0 radical (unpaired) electrons. The molecule has 2 amide bonds. The van der Waals surface area contributed by atoms with E-state index in [9.17, 15) is 14.9 Å². The monoisotopic (exact) mass is 391 g/mol. The van der Waals surface area contributed by atoms with Crippen molar-refractivity contribution in [3.8, 4) is 11.8 Å². The van der Waals surface area contributed by atoms with Crippen LogP contribution in [0.15, 0.2) is 54.6 Å². The van der Waals surface area contributed by atoms with Gasteiger partial charge in [0.2, 0.25) is 11.8 Å². The van der Waals surface area contributed by atoms with E-state index in [0.717, 1.165) is 18.4 Å². The lowest BCUT2D eigenvalue weighted by Crippen LogP contribution is -2.30. The lowest BCUT2D eigenvalue weighted by Gasteiger charge is -2.13. The molecule has 0 saturated heterocycles. The number of nitriles is 1. The van der Waals surface area contributed by atoms with Gasteiger partial charge in [0.15, 0.2) is 0 Å². The van der Waals surface area contributed by atoms with Crippen LogP contribution in [-0.2, 0) is 16.2 Å². The maximum Gasteiger partial charge on any atom is 0.223 e. The van der Waals surface area contributed by atoms with Crippen LogP contribution in [-0.4, -0.2) is 18.4 Å². The molecule has 0 heterocycles. The molecule has 0 bridgehead atoms. The molecule has 1 saturated carbocycles. The predicted molar refractivity (Wildman–Crippen MR) is 109 cm³/mol. The number of ether oxygens (including phenoxy) is 1. The molecular weight excluding hydrogens is 366 g/mol. The van der Waals surface area contributed by atoms with Crippen molar-refractivity contribution in [2.75, 3.05) is 6.54 Å². The quantitative estimate of drug-likeness (QED) is 0.608. The minimum atomic E-state index is -0.716. The Balaban J connectivity index is 1.42. The van der Waals surface area contributed by atoms with Gasteiger partial charge in [0, 0.05) is 18.9 Å². The molecule has 0 aliphatic heterocycles. The highest BCUT2D eigenvalue weighted by atomic mass is 16.5. The smallest absolute Gasteiger partial charge is 0.223 e. The third-order valence-corrected chi connectivity index (χ3v) is 4.72. The van der Waals surface area contributed by atoms with Gasteiger partial charge in [-0.2, -0.15) is 5.26 Å². The Morgan fingerprint density at radius 2 is 1.83 bits per heavy atom. The molecule has 1 aliphatic carbocycles. The van der Waals surface area contributed by atoms with E-state index in [0.29, 0.717) is 30.9 Å². The van der Waals surface area contributed by atoms with Crippen LogP contribution in [0.3, 0.4) is 0 Å². The van der Waals surface area contributed by atoms with Gasteiger partial charge in [0.1, 0.15) is 18.4 Å². The van der Waals surface area contributed by atoms with E-state index in [1.54, 1.807) is 24.3 Å². The van der Waals surface area contributed by atoms with Gasteiger partial charge in [-0.15, -0.1) is 0 Å². The summed E-state index contributed by atoms with van der Waals surface area (Å²) in [6.45, 7) is 0.948. The summed E-state index contributed by atoms with van der Waals surface area (Å²) in [4.78, 5) is 23.7. The van der Waals surface area contributed by atoms with Gasteiger partial charge in [-0.1, -0.05) is 42.5 Å². The Morgan fingerprint density at radius 3 is 2.48 bits per heavy atom. The van der Waals surface area contributed by atoms with E-state index in [2.05, 4.69) is 16.7 Å². The number of hydrogen-bond acceptors (Lipinski definition) is 4.